The van der Waals surface area contributed by atoms with Crippen LogP contribution in [0.25, 0.3) is 0 Å². The van der Waals surface area contributed by atoms with E-state index in [1.54, 1.807) is 0 Å². The molecule has 1 aliphatic heterocycles. The smallest absolute Gasteiger partial charge is 0.0507 e. The lowest BCUT2D eigenvalue weighted by Crippen LogP contribution is -2.44. The normalized spacial score (nSPS) is 25.3. The van der Waals surface area contributed by atoms with Gasteiger partial charge in [0.05, 0.1) is 6.61 Å². The fraction of sp³-hybridized carbons (Fsp3) is 1.00. The lowest BCUT2D eigenvalue weighted by Gasteiger charge is -2.27. The molecule has 1 heterocycles. The number of nitrogens with two attached hydrogens (primary N) is 1. The quantitative estimate of drug-likeness (QED) is 0.711. The van der Waals surface area contributed by atoms with Crippen molar-refractivity contribution in [3.05, 3.63) is 0 Å². The van der Waals surface area contributed by atoms with Crippen LogP contribution in [-0.4, -0.2) is 32.3 Å². The maximum atomic E-state index is 6.04. The summed E-state index contributed by atoms with van der Waals surface area (Å²) in [7, 11) is 0. The molecular weight excluding hydrogens is 176 g/mol. The second-order valence-corrected chi connectivity index (χ2v) is 5.36. The maximum absolute atomic E-state index is 6.04. The van der Waals surface area contributed by atoms with Crippen molar-refractivity contribution in [1.82, 2.24) is 5.32 Å². The molecule has 0 saturated carbocycles. The van der Waals surface area contributed by atoms with Gasteiger partial charge in [-0.05, 0) is 17.8 Å². The third kappa shape index (κ3) is 3.95. The summed E-state index contributed by atoms with van der Waals surface area (Å²) in [6.07, 6.45) is 1.19. The zero-order chi connectivity index (χ0) is 10.6. The molecule has 1 rings (SSSR count). The van der Waals surface area contributed by atoms with Crippen molar-refractivity contribution >= 4 is 0 Å². The minimum Gasteiger partial charge on any atom is -0.381 e. The molecule has 0 radical (unpaired) electrons. The molecule has 0 bridgehead atoms. The van der Waals surface area contributed by atoms with Gasteiger partial charge in [-0.15, -0.1) is 0 Å². The summed E-state index contributed by atoms with van der Waals surface area (Å²) >= 11 is 0. The largest absolute Gasteiger partial charge is 0.381 e. The van der Waals surface area contributed by atoms with Crippen LogP contribution >= 0.6 is 0 Å². The van der Waals surface area contributed by atoms with Gasteiger partial charge in [-0.3, -0.25) is 0 Å². The Morgan fingerprint density at radius 2 is 2.21 bits per heavy atom. The number of ether oxygens (including phenoxy) is 1. The van der Waals surface area contributed by atoms with Gasteiger partial charge in [0.2, 0.25) is 0 Å². The fourth-order valence-electron chi connectivity index (χ4n) is 1.49. The van der Waals surface area contributed by atoms with Gasteiger partial charge < -0.3 is 15.8 Å². The number of rotatable bonds is 4. The third-order valence-corrected chi connectivity index (χ3v) is 2.93. The molecule has 1 saturated heterocycles. The molecule has 2 atom stereocenters. The van der Waals surface area contributed by atoms with Crippen molar-refractivity contribution in [2.45, 2.75) is 33.2 Å². The summed E-state index contributed by atoms with van der Waals surface area (Å²) < 4.78 is 5.31. The second-order valence-electron chi connectivity index (χ2n) is 5.36. The summed E-state index contributed by atoms with van der Waals surface area (Å²) in [5.41, 5.74) is 6.24. The summed E-state index contributed by atoms with van der Waals surface area (Å²) in [5, 5.41) is 3.43. The van der Waals surface area contributed by atoms with E-state index in [0.29, 0.717) is 5.92 Å². The zero-order valence-corrected chi connectivity index (χ0v) is 9.68. The van der Waals surface area contributed by atoms with Gasteiger partial charge in [-0.1, -0.05) is 20.8 Å². The maximum Gasteiger partial charge on any atom is 0.0507 e. The van der Waals surface area contributed by atoms with Gasteiger partial charge in [0.25, 0.3) is 0 Å². The lowest BCUT2D eigenvalue weighted by molar-refractivity contribution is 0.184. The zero-order valence-electron chi connectivity index (χ0n) is 9.68. The highest BCUT2D eigenvalue weighted by molar-refractivity contribution is 4.79. The Balaban J connectivity index is 2.08. The molecule has 0 aromatic carbocycles. The van der Waals surface area contributed by atoms with Gasteiger partial charge in [-0.25, -0.2) is 0 Å². The standard InChI is InChI=1S/C11H24N2O/c1-11(2,3)10(12)7-13-6-9-4-5-14-8-9/h9-10,13H,4-8,12H2,1-3H3. The number of hydrogen-bond acceptors (Lipinski definition) is 3. The van der Waals surface area contributed by atoms with Crippen LogP contribution in [-0.2, 0) is 4.74 Å². The van der Waals surface area contributed by atoms with E-state index in [1.165, 1.54) is 6.42 Å². The van der Waals surface area contributed by atoms with Crippen LogP contribution in [0.5, 0.6) is 0 Å². The highest BCUT2D eigenvalue weighted by Gasteiger charge is 2.21. The average molecular weight is 200 g/mol. The van der Waals surface area contributed by atoms with Crippen LogP contribution in [0.1, 0.15) is 27.2 Å². The highest BCUT2D eigenvalue weighted by Crippen LogP contribution is 2.16. The van der Waals surface area contributed by atoms with Crippen molar-refractivity contribution in [3.8, 4) is 0 Å². The van der Waals surface area contributed by atoms with Crippen LogP contribution in [0.4, 0.5) is 0 Å². The van der Waals surface area contributed by atoms with Crippen LogP contribution in [0.3, 0.4) is 0 Å². The van der Waals surface area contributed by atoms with Gasteiger partial charge >= 0.3 is 0 Å². The van der Waals surface area contributed by atoms with Crippen molar-refractivity contribution in [3.63, 3.8) is 0 Å². The van der Waals surface area contributed by atoms with Crippen LogP contribution in [0.15, 0.2) is 0 Å². The Morgan fingerprint density at radius 3 is 2.71 bits per heavy atom. The van der Waals surface area contributed by atoms with Crippen molar-refractivity contribution in [1.29, 1.82) is 0 Å². The molecule has 0 aliphatic carbocycles. The van der Waals surface area contributed by atoms with E-state index in [0.717, 1.165) is 26.3 Å². The summed E-state index contributed by atoms with van der Waals surface area (Å²) in [6.45, 7) is 10.3. The summed E-state index contributed by atoms with van der Waals surface area (Å²) in [5.74, 6) is 0.696. The Bertz CT molecular complexity index is 159. The SMILES string of the molecule is CC(C)(C)C(N)CNCC1CCOC1. The first-order chi connectivity index (χ1) is 6.50. The molecule has 0 amide bonds. The molecule has 3 nitrogen and oxygen atoms in total. The summed E-state index contributed by atoms with van der Waals surface area (Å²) in [6, 6.07) is 0.227. The topological polar surface area (TPSA) is 47.3 Å². The molecule has 0 spiro atoms. The predicted molar refractivity (Wildman–Crippen MR) is 59.2 cm³/mol. The van der Waals surface area contributed by atoms with Crippen LogP contribution < -0.4 is 11.1 Å². The van der Waals surface area contributed by atoms with Gasteiger partial charge in [0.1, 0.15) is 0 Å². The Labute approximate surface area is 87.4 Å². The van der Waals surface area contributed by atoms with E-state index in [-0.39, 0.29) is 11.5 Å². The van der Waals surface area contributed by atoms with Crippen LogP contribution in [0, 0.1) is 11.3 Å². The highest BCUT2D eigenvalue weighted by atomic mass is 16.5. The fourth-order valence-corrected chi connectivity index (χ4v) is 1.49. The van der Waals surface area contributed by atoms with Gasteiger partial charge in [-0.2, -0.15) is 0 Å². The Kier molecular flexibility index (Phi) is 4.35. The van der Waals surface area contributed by atoms with Crippen molar-refractivity contribution < 1.29 is 4.74 Å². The lowest BCUT2D eigenvalue weighted by atomic mass is 9.87. The van der Waals surface area contributed by atoms with Crippen molar-refractivity contribution in [2.75, 3.05) is 26.3 Å². The van der Waals surface area contributed by atoms with E-state index in [4.69, 9.17) is 10.5 Å². The van der Waals surface area contributed by atoms with E-state index >= 15 is 0 Å². The van der Waals surface area contributed by atoms with Gasteiger partial charge in [0.15, 0.2) is 0 Å². The van der Waals surface area contributed by atoms with E-state index in [1.807, 2.05) is 0 Å². The molecule has 2 unspecified atom stereocenters. The third-order valence-electron chi connectivity index (χ3n) is 2.93. The predicted octanol–water partition coefficient (Wildman–Crippen LogP) is 0.986. The molecule has 3 N–H and O–H groups in total. The van der Waals surface area contributed by atoms with E-state index in [9.17, 15) is 0 Å². The first kappa shape index (κ1) is 12.0. The van der Waals surface area contributed by atoms with Gasteiger partial charge in [0, 0.05) is 25.7 Å². The molecular formula is C11H24N2O. The first-order valence-electron chi connectivity index (χ1n) is 5.54. The Hall–Kier alpha value is -0.120. The molecule has 3 heteroatoms. The van der Waals surface area contributed by atoms with Crippen molar-refractivity contribution in [2.24, 2.45) is 17.1 Å². The average Bonchev–Trinajstić information content (AvgIpc) is 2.55. The molecule has 14 heavy (non-hydrogen) atoms. The monoisotopic (exact) mass is 200 g/mol. The second kappa shape index (κ2) is 5.10. The van der Waals surface area contributed by atoms with Crippen LogP contribution in [0.2, 0.25) is 0 Å². The summed E-state index contributed by atoms with van der Waals surface area (Å²) in [4.78, 5) is 0. The van der Waals surface area contributed by atoms with E-state index < -0.39 is 0 Å². The number of nitrogens with one attached hydrogen (secondary N) is 1. The number of hydrogen-bond donors (Lipinski definition) is 2. The van der Waals surface area contributed by atoms with E-state index in [2.05, 4.69) is 26.1 Å². The molecule has 1 fully saturated rings. The minimum atomic E-state index is 0.194. The first-order valence-corrected chi connectivity index (χ1v) is 5.54. The minimum absolute atomic E-state index is 0.194. The molecule has 1 aliphatic rings. The molecule has 0 aromatic rings. The molecule has 0 aromatic heterocycles. The Morgan fingerprint density at radius 1 is 1.50 bits per heavy atom. The molecule has 84 valence electrons.